The van der Waals surface area contributed by atoms with E-state index in [1.807, 2.05) is 50.2 Å². The molecule has 7 nitrogen and oxygen atoms in total. The SMILES string of the molecule is COc1cccc(C2CC(c3c(O)c4cc(C)c(C)cc4oc3=O)=NN2c2ccccc2)c1O. The first kappa shape index (κ1) is 21.6. The number of ether oxygens (including phenoxy) is 1. The Morgan fingerprint density at radius 2 is 1.74 bits per heavy atom. The van der Waals surface area contributed by atoms with Crippen molar-refractivity contribution in [3.63, 3.8) is 0 Å². The molecule has 0 saturated carbocycles. The summed E-state index contributed by atoms with van der Waals surface area (Å²) < 4.78 is 10.9. The zero-order valence-corrected chi connectivity index (χ0v) is 19.1. The Morgan fingerprint density at radius 1 is 1.00 bits per heavy atom. The quantitative estimate of drug-likeness (QED) is 0.411. The van der Waals surface area contributed by atoms with Crippen LogP contribution in [0.2, 0.25) is 0 Å². The van der Waals surface area contributed by atoms with Gasteiger partial charge in [-0.25, -0.2) is 4.79 Å². The molecule has 172 valence electrons. The molecule has 0 radical (unpaired) electrons. The van der Waals surface area contributed by atoms with Crippen LogP contribution in [-0.4, -0.2) is 23.0 Å². The summed E-state index contributed by atoms with van der Waals surface area (Å²) in [7, 11) is 1.49. The zero-order chi connectivity index (χ0) is 24.0. The van der Waals surface area contributed by atoms with Crippen LogP contribution in [0, 0.1) is 13.8 Å². The van der Waals surface area contributed by atoms with Crippen molar-refractivity contribution >= 4 is 22.4 Å². The number of para-hydroxylation sites is 2. The summed E-state index contributed by atoms with van der Waals surface area (Å²) in [5.74, 6) is 0.197. The molecule has 4 aromatic rings. The minimum Gasteiger partial charge on any atom is -0.506 e. The minimum atomic E-state index is -0.657. The molecule has 34 heavy (non-hydrogen) atoms. The molecule has 0 aliphatic carbocycles. The molecule has 1 aromatic heterocycles. The van der Waals surface area contributed by atoms with Gasteiger partial charge >= 0.3 is 5.63 Å². The number of hydrogen-bond donors (Lipinski definition) is 2. The van der Waals surface area contributed by atoms with Gasteiger partial charge in [0.25, 0.3) is 0 Å². The second-order valence-corrected chi connectivity index (χ2v) is 8.39. The molecule has 3 aromatic carbocycles. The fourth-order valence-corrected chi connectivity index (χ4v) is 4.39. The fourth-order valence-electron chi connectivity index (χ4n) is 4.39. The number of methoxy groups -OCH3 is 1. The molecule has 2 N–H and O–H groups in total. The zero-order valence-electron chi connectivity index (χ0n) is 19.1. The van der Waals surface area contributed by atoms with E-state index in [1.54, 1.807) is 29.3 Å². The van der Waals surface area contributed by atoms with Gasteiger partial charge in [0.15, 0.2) is 11.5 Å². The number of anilines is 1. The Morgan fingerprint density at radius 3 is 2.47 bits per heavy atom. The predicted octanol–water partition coefficient (Wildman–Crippen LogP) is 5.19. The number of aryl methyl sites for hydroxylation is 2. The molecule has 0 saturated heterocycles. The third-order valence-corrected chi connectivity index (χ3v) is 6.32. The van der Waals surface area contributed by atoms with Crippen molar-refractivity contribution in [1.29, 1.82) is 0 Å². The number of phenols is 1. The van der Waals surface area contributed by atoms with Crippen molar-refractivity contribution < 1.29 is 19.4 Å². The lowest BCUT2D eigenvalue weighted by molar-refractivity contribution is 0.368. The molecule has 1 atom stereocenters. The van der Waals surface area contributed by atoms with Gasteiger partial charge in [0.05, 0.1) is 29.9 Å². The highest BCUT2D eigenvalue weighted by molar-refractivity contribution is 6.08. The first-order valence-corrected chi connectivity index (χ1v) is 10.9. The molecule has 5 rings (SSSR count). The number of rotatable bonds is 4. The largest absolute Gasteiger partial charge is 0.506 e. The van der Waals surface area contributed by atoms with E-state index in [0.717, 1.165) is 16.8 Å². The standard InChI is InChI=1S/C27H24N2O5/c1-15-12-19-23(13-16(15)2)34-27(32)24(26(19)31)20-14-21(18-10-7-11-22(33-3)25(18)30)29(28-20)17-8-5-4-6-9-17/h4-13,21,30-31H,14H2,1-3H3. The Labute approximate surface area is 196 Å². The van der Waals surface area contributed by atoms with Gasteiger partial charge in [0.2, 0.25) is 0 Å². The average Bonchev–Trinajstić information content (AvgIpc) is 3.26. The minimum absolute atomic E-state index is 0.00764. The molecule has 0 fully saturated rings. The van der Waals surface area contributed by atoms with E-state index in [0.29, 0.717) is 28.0 Å². The summed E-state index contributed by atoms with van der Waals surface area (Å²) >= 11 is 0. The highest BCUT2D eigenvalue weighted by atomic mass is 16.5. The van der Waals surface area contributed by atoms with Crippen molar-refractivity contribution in [2.75, 3.05) is 12.1 Å². The van der Waals surface area contributed by atoms with E-state index in [2.05, 4.69) is 0 Å². The molecular weight excluding hydrogens is 432 g/mol. The van der Waals surface area contributed by atoms with Crippen LogP contribution in [0.1, 0.15) is 34.7 Å². The summed E-state index contributed by atoms with van der Waals surface area (Å²) in [5, 5.41) is 28.9. The third-order valence-electron chi connectivity index (χ3n) is 6.32. The molecule has 0 spiro atoms. The van der Waals surface area contributed by atoms with Crippen molar-refractivity contribution in [2.24, 2.45) is 5.10 Å². The third kappa shape index (κ3) is 3.46. The van der Waals surface area contributed by atoms with E-state index in [9.17, 15) is 15.0 Å². The first-order chi connectivity index (χ1) is 16.4. The van der Waals surface area contributed by atoms with E-state index in [-0.39, 0.29) is 23.5 Å². The fraction of sp³-hybridized carbons (Fsp3) is 0.185. The van der Waals surface area contributed by atoms with Crippen LogP contribution in [0.25, 0.3) is 11.0 Å². The number of aromatic hydroxyl groups is 2. The maximum absolute atomic E-state index is 13.0. The van der Waals surface area contributed by atoms with E-state index < -0.39 is 11.7 Å². The summed E-state index contributed by atoms with van der Waals surface area (Å²) in [6.45, 7) is 3.86. The monoisotopic (exact) mass is 456 g/mol. The topological polar surface area (TPSA) is 95.5 Å². The van der Waals surface area contributed by atoms with Crippen LogP contribution in [-0.2, 0) is 0 Å². The van der Waals surface area contributed by atoms with E-state index >= 15 is 0 Å². The van der Waals surface area contributed by atoms with Crippen LogP contribution < -0.4 is 15.4 Å². The first-order valence-electron chi connectivity index (χ1n) is 10.9. The number of hydrazone groups is 1. The summed E-state index contributed by atoms with van der Waals surface area (Å²) in [6.07, 6.45) is 0.268. The van der Waals surface area contributed by atoms with Crippen molar-refractivity contribution in [2.45, 2.75) is 26.3 Å². The van der Waals surface area contributed by atoms with Gasteiger partial charge < -0.3 is 19.4 Å². The summed E-state index contributed by atoms with van der Waals surface area (Å²) in [6, 6.07) is 17.9. The molecule has 0 amide bonds. The molecular formula is C27H24N2O5. The molecule has 2 heterocycles. The van der Waals surface area contributed by atoms with Crippen molar-refractivity contribution in [1.82, 2.24) is 0 Å². The number of fused-ring (bicyclic) bond motifs is 1. The normalized spacial score (nSPS) is 15.6. The van der Waals surface area contributed by atoms with Gasteiger partial charge in [-0.05, 0) is 55.3 Å². The highest BCUT2D eigenvalue weighted by Crippen LogP contribution is 2.43. The van der Waals surface area contributed by atoms with Gasteiger partial charge in [-0.1, -0.05) is 30.3 Å². The molecule has 1 unspecified atom stereocenters. The number of benzene rings is 3. The lowest BCUT2D eigenvalue weighted by Gasteiger charge is -2.25. The summed E-state index contributed by atoms with van der Waals surface area (Å²) in [4.78, 5) is 13.0. The molecule has 1 aliphatic heterocycles. The number of phenolic OH excluding ortho intramolecular Hbond substituents is 1. The lowest BCUT2D eigenvalue weighted by atomic mass is 9.96. The maximum Gasteiger partial charge on any atom is 0.349 e. The lowest BCUT2D eigenvalue weighted by Crippen LogP contribution is -2.18. The Bertz CT molecular complexity index is 1490. The van der Waals surface area contributed by atoms with Crippen LogP contribution in [0.3, 0.4) is 0 Å². The van der Waals surface area contributed by atoms with Gasteiger partial charge in [-0.2, -0.15) is 5.10 Å². The van der Waals surface area contributed by atoms with Crippen LogP contribution in [0.15, 0.2) is 75.0 Å². The predicted molar refractivity (Wildman–Crippen MR) is 131 cm³/mol. The average molecular weight is 456 g/mol. The van der Waals surface area contributed by atoms with Crippen LogP contribution >= 0.6 is 0 Å². The van der Waals surface area contributed by atoms with Crippen molar-refractivity contribution in [3.8, 4) is 17.2 Å². The molecule has 0 bridgehead atoms. The van der Waals surface area contributed by atoms with Gasteiger partial charge in [-0.15, -0.1) is 0 Å². The van der Waals surface area contributed by atoms with Crippen LogP contribution in [0.4, 0.5) is 5.69 Å². The smallest absolute Gasteiger partial charge is 0.349 e. The second-order valence-electron chi connectivity index (χ2n) is 8.39. The highest BCUT2D eigenvalue weighted by Gasteiger charge is 2.35. The Kier molecular flexibility index (Phi) is 5.24. The maximum atomic E-state index is 13.0. The molecule has 7 heteroatoms. The Hall–Kier alpha value is -4.26. The van der Waals surface area contributed by atoms with Crippen molar-refractivity contribution in [3.05, 3.63) is 93.3 Å². The summed E-state index contributed by atoms with van der Waals surface area (Å²) in [5.41, 5.74) is 3.39. The molecule has 1 aliphatic rings. The van der Waals surface area contributed by atoms with E-state index in [4.69, 9.17) is 14.3 Å². The Balaban J connectivity index is 1.68. The number of hydrogen-bond acceptors (Lipinski definition) is 7. The van der Waals surface area contributed by atoms with Gasteiger partial charge in [0.1, 0.15) is 16.9 Å². The van der Waals surface area contributed by atoms with Gasteiger partial charge in [0, 0.05) is 12.0 Å². The van der Waals surface area contributed by atoms with Crippen LogP contribution in [0.5, 0.6) is 17.2 Å². The second kappa shape index (κ2) is 8.26. The number of nitrogens with zero attached hydrogens (tertiary/aromatic N) is 2. The van der Waals surface area contributed by atoms with Gasteiger partial charge in [-0.3, -0.25) is 5.01 Å². The van der Waals surface area contributed by atoms with E-state index in [1.165, 1.54) is 7.11 Å².